The number of methoxy groups -OCH3 is 1. The minimum atomic E-state index is -1.26. The van der Waals surface area contributed by atoms with Crippen LogP contribution < -0.4 is 4.74 Å². The summed E-state index contributed by atoms with van der Waals surface area (Å²) >= 11 is 0. The Labute approximate surface area is 207 Å². The van der Waals surface area contributed by atoms with E-state index in [4.69, 9.17) is 24.3 Å². The first-order valence-corrected chi connectivity index (χ1v) is 11.6. The van der Waals surface area contributed by atoms with E-state index in [1.54, 1.807) is 13.2 Å². The molecule has 0 amide bonds. The van der Waals surface area contributed by atoms with Crippen LogP contribution in [0.3, 0.4) is 0 Å². The number of carboxylic acids is 2. The van der Waals surface area contributed by atoms with Crippen LogP contribution in [0, 0.1) is 5.82 Å². The molecule has 1 aromatic heterocycles. The lowest BCUT2D eigenvalue weighted by Gasteiger charge is -2.30. The van der Waals surface area contributed by atoms with Gasteiger partial charge in [-0.25, -0.2) is 14.0 Å². The molecule has 0 atom stereocenters. The van der Waals surface area contributed by atoms with Crippen molar-refractivity contribution in [3.05, 3.63) is 71.7 Å². The fourth-order valence-corrected chi connectivity index (χ4v) is 3.99. The lowest BCUT2D eigenvalue weighted by Crippen LogP contribution is -2.33. The van der Waals surface area contributed by atoms with Gasteiger partial charge in [0.05, 0.1) is 19.4 Å². The van der Waals surface area contributed by atoms with Gasteiger partial charge in [0.2, 0.25) is 0 Å². The monoisotopic (exact) mass is 500 g/mol. The summed E-state index contributed by atoms with van der Waals surface area (Å²) in [6.45, 7) is 2.40. The molecular formula is C26H29FN2O7. The lowest BCUT2D eigenvalue weighted by molar-refractivity contribution is -0.171. The molecule has 192 valence electrons. The molecule has 0 saturated carbocycles. The summed E-state index contributed by atoms with van der Waals surface area (Å²) in [6, 6.07) is 12.7. The third kappa shape index (κ3) is 7.89. The van der Waals surface area contributed by atoms with Gasteiger partial charge in [0, 0.05) is 42.6 Å². The topological polar surface area (TPSA) is 122 Å². The van der Waals surface area contributed by atoms with Crippen LogP contribution in [0.4, 0.5) is 4.39 Å². The second kappa shape index (κ2) is 13.4. The van der Waals surface area contributed by atoms with E-state index in [0.29, 0.717) is 30.3 Å². The molecule has 0 spiro atoms. The van der Waals surface area contributed by atoms with Gasteiger partial charge in [0.25, 0.3) is 0 Å². The zero-order valence-electron chi connectivity index (χ0n) is 19.9. The van der Waals surface area contributed by atoms with E-state index >= 15 is 0 Å². The molecule has 3 aromatic rings. The van der Waals surface area contributed by atoms with E-state index in [9.17, 15) is 14.0 Å². The van der Waals surface area contributed by atoms with Crippen LogP contribution in [0.5, 0.6) is 5.75 Å². The van der Waals surface area contributed by atoms with Crippen LogP contribution >= 0.6 is 0 Å². The number of carboxylic acid groups (broad SMARTS) is 2. The van der Waals surface area contributed by atoms with Crippen molar-refractivity contribution in [1.82, 2.24) is 10.2 Å². The highest BCUT2D eigenvalue weighted by atomic mass is 19.1. The molecule has 4 rings (SSSR count). The largest absolute Gasteiger partial charge is 0.496 e. The van der Waals surface area contributed by atoms with Crippen LogP contribution in [0.2, 0.25) is 0 Å². The SMILES string of the molecule is COc1ccccc1CCCON1CCC(c2noc3cc(F)ccc23)CC1.O=C(O)C=CC(=O)O. The van der Waals surface area contributed by atoms with Gasteiger partial charge in [0.1, 0.15) is 11.6 Å². The molecule has 0 bridgehead atoms. The Bertz CT molecular complexity index is 1170. The van der Waals surface area contributed by atoms with Crippen molar-refractivity contribution in [3.63, 3.8) is 0 Å². The van der Waals surface area contributed by atoms with Gasteiger partial charge in [-0.1, -0.05) is 23.4 Å². The molecule has 10 heteroatoms. The Hall–Kier alpha value is -3.76. The van der Waals surface area contributed by atoms with E-state index in [-0.39, 0.29) is 5.82 Å². The number of aliphatic carboxylic acids is 2. The van der Waals surface area contributed by atoms with Gasteiger partial charge < -0.3 is 19.5 Å². The number of hydrogen-bond donors (Lipinski definition) is 2. The van der Waals surface area contributed by atoms with Crippen LogP contribution in [-0.4, -0.2) is 59.2 Å². The Morgan fingerprint density at radius 3 is 2.50 bits per heavy atom. The maximum absolute atomic E-state index is 13.3. The molecule has 0 radical (unpaired) electrons. The quantitative estimate of drug-likeness (QED) is 0.324. The van der Waals surface area contributed by atoms with Gasteiger partial charge in [-0.05, 0) is 49.4 Å². The molecule has 1 fully saturated rings. The standard InChI is InChI=1S/C22H25FN2O3.C4H4O4/c1-26-20-7-3-2-5-16(20)6-4-14-27-25-12-10-17(11-13-25)22-19-9-8-18(23)15-21(19)28-24-22;5-3(6)1-2-4(7)8/h2-3,5,7-9,15,17H,4,6,10-14H2,1H3;1-2H,(H,5,6)(H,7,8). The number of nitrogens with zero attached hydrogens (tertiary/aromatic N) is 2. The molecule has 0 aliphatic carbocycles. The number of benzene rings is 2. The fourth-order valence-electron chi connectivity index (χ4n) is 3.99. The first-order chi connectivity index (χ1) is 17.4. The number of halogens is 1. The summed E-state index contributed by atoms with van der Waals surface area (Å²) in [5.74, 6) is -1.56. The zero-order valence-corrected chi connectivity index (χ0v) is 19.9. The first kappa shape index (κ1) is 26.8. The van der Waals surface area contributed by atoms with Gasteiger partial charge in [0.15, 0.2) is 5.58 Å². The Morgan fingerprint density at radius 2 is 1.83 bits per heavy atom. The minimum Gasteiger partial charge on any atom is -0.496 e. The maximum Gasteiger partial charge on any atom is 0.328 e. The van der Waals surface area contributed by atoms with Crippen LogP contribution in [-0.2, 0) is 20.8 Å². The van der Waals surface area contributed by atoms with Crippen molar-refractivity contribution in [2.24, 2.45) is 0 Å². The molecule has 1 aliphatic rings. The predicted molar refractivity (Wildman–Crippen MR) is 129 cm³/mol. The molecule has 2 heterocycles. The summed E-state index contributed by atoms with van der Waals surface area (Å²) in [4.78, 5) is 25.1. The number of piperidine rings is 1. The second-order valence-electron chi connectivity index (χ2n) is 8.17. The van der Waals surface area contributed by atoms with Crippen molar-refractivity contribution in [2.45, 2.75) is 31.6 Å². The number of fused-ring (bicyclic) bond motifs is 1. The number of carbonyl (C=O) groups is 2. The molecule has 1 aliphatic heterocycles. The summed E-state index contributed by atoms with van der Waals surface area (Å²) < 4.78 is 24.0. The van der Waals surface area contributed by atoms with E-state index in [1.807, 2.05) is 23.3 Å². The Morgan fingerprint density at radius 1 is 1.14 bits per heavy atom. The smallest absolute Gasteiger partial charge is 0.328 e. The molecule has 36 heavy (non-hydrogen) atoms. The normalized spacial score (nSPS) is 14.5. The number of aryl methyl sites for hydroxylation is 1. The van der Waals surface area contributed by atoms with E-state index in [2.05, 4.69) is 11.2 Å². The van der Waals surface area contributed by atoms with Crippen molar-refractivity contribution < 1.29 is 38.3 Å². The highest BCUT2D eigenvalue weighted by Gasteiger charge is 2.25. The number of hydroxylamine groups is 2. The van der Waals surface area contributed by atoms with Crippen molar-refractivity contribution in [3.8, 4) is 5.75 Å². The van der Waals surface area contributed by atoms with Gasteiger partial charge in [-0.15, -0.1) is 0 Å². The predicted octanol–water partition coefficient (Wildman–Crippen LogP) is 4.43. The average Bonchev–Trinajstić information content (AvgIpc) is 3.29. The van der Waals surface area contributed by atoms with Gasteiger partial charge in [-0.2, -0.15) is 5.06 Å². The number of para-hydroxylation sites is 1. The molecule has 2 N–H and O–H groups in total. The Balaban J connectivity index is 0.000000392. The first-order valence-electron chi connectivity index (χ1n) is 11.6. The number of hydrogen-bond acceptors (Lipinski definition) is 7. The number of aromatic nitrogens is 1. The summed E-state index contributed by atoms with van der Waals surface area (Å²) in [6.07, 6.45) is 4.89. The molecule has 1 saturated heterocycles. The summed E-state index contributed by atoms with van der Waals surface area (Å²) in [5, 5.41) is 22.8. The van der Waals surface area contributed by atoms with E-state index in [0.717, 1.165) is 55.6 Å². The number of ether oxygens (including phenoxy) is 1. The van der Waals surface area contributed by atoms with Crippen LogP contribution in [0.1, 0.15) is 36.4 Å². The Kier molecular flexibility index (Phi) is 9.96. The summed E-state index contributed by atoms with van der Waals surface area (Å²) in [7, 11) is 1.70. The van der Waals surface area contributed by atoms with E-state index in [1.165, 1.54) is 17.7 Å². The third-order valence-electron chi connectivity index (χ3n) is 5.73. The number of rotatable bonds is 9. The van der Waals surface area contributed by atoms with Crippen LogP contribution in [0.25, 0.3) is 11.0 Å². The van der Waals surface area contributed by atoms with Crippen molar-refractivity contribution in [1.29, 1.82) is 0 Å². The molecule has 9 nitrogen and oxygen atoms in total. The highest BCUT2D eigenvalue weighted by molar-refractivity contribution is 5.89. The zero-order chi connectivity index (χ0) is 25.9. The highest BCUT2D eigenvalue weighted by Crippen LogP contribution is 2.32. The molecule has 2 aromatic carbocycles. The third-order valence-corrected chi connectivity index (χ3v) is 5.73. The van der Waals surface area contributed by atoms with Crippen LogP contribution in [0.15, 0.2) is 59.1 Å². The lowest BCUT2D eigenvalue weighted by atomic mass is 9.92. The van der Waals surface area contributed by atoms with Crippen molar-refractivity contribution >= 4 is 22.9 Å². The van der Waals surface area contributed by atoms with E-state index < -0.39 is 11.9 Å². The van der Waals surface area contributed by atoms with Crippen molar-refractivity contribution in [2.75, 3.05) is 26.8 Å². The molecule has 0 unspecified atom stereocenters. The fraction of sp³-hybridized carbons (Fsp3) is 0.346. The summed E-state index contributed by atoms with van der Waals surface area (Å²) in [5.41, 5.74) is 2.66. The van der Waals surface area contributed by atoms with Gasteiger partial charge >= 0.3 is 11.9 Å². The molecular weight excluding hydrogens is 471 g/mol. The maximum atomic E-state index is 13.3. The average molecular weight is 501 g/mol. The second-order valence-corrected chi connectivity index (χ2v) is 8.17. The minimum absolute atomic E-state index is 0.299. The van der Waals surface area contributed by atoms with Gasteiger partial charge in [-0.3, -0.25) is 4.84 Å².